The van der Waals surface area contributed by atoms with Crippen LogP contribution in [0.2, 0.25) is 0 Å². The molecule has 0 aliphatic carbocycles. The predicted octanol–water partition coefficient (Wildman–Crippen LogP) is 0.262. The summed E-state index contributed by atoms with van der Waals surface area (Å²) in [5.41, 5.74) is 1.69. The van der Waals surface area contributed by atoms with E-state index >= 15 is 0 Å². The minimum Gasteiger partial charge on any atom is -0.478 e. The quantitative estimate of drug-likeness (QED) is 0.760. The van der Waals surface area contributed by atoms with Crippen LogP contribution in [0.3, 0.4) is 0 Å². The molecule has 23 heavy (non-hydrogen) atoms. The number of carbonyl (C=O) groups is 2. The number of pyridine rings is 1. The number of carboxylic acid groups (broad SMARTS) is 1. The first-order valence-corrected chi connectivity index (χ1v) is 7.07. The molecule has 0 aromatic carbocycles. The van der Waals surface area contributed by atoms with Crippen LogP contribution >= 0.6 is 0 Å². The van der Waals surface area contributed by atoms with Crippen molar-refractivity contribution in [2.24, 2.45) is 7.05 Å². The number of likely N-dealkylation sites (N-methyl/N-ethyl adjacent to an activating group) is 1. The SMILES string of the molecule is CN(Cc1ccnn1C)C(=O)CNCc1cc(C(=O)O)ccn1. The number of hydrogen-bond acceptors (Lipinski definition) is 5. The maximum atomic E-state index is 12.1. The molecular formula is C15H19N5O3. The van der Waals surface area contributed by atoms with E-state index in [9.17, 15) is 9.59 Å². The molecule has 0 fully saturated rings. The summed E-state index contributed by atoms with van der Waals surface area (Å²) in [6.07, 6.45) is 3.13. The largest absolute Gasteiger partial charge is 0.478 e. The molecule has 2 N–H and O–H groups in total. The number of rotatable bonds is 7. The topological polar surface area (TPSA) is 100 Å². The summed E-state index contributed by atoms with van der Waals surface area (Å²) in [6.45, 7) is 0.948. The number of aromatic nitrogens is 3. The van der Waals surface area contributed by atoms with Gasteiger partial charge in [0, 0.05) is 33.0 Å². The van der Waals surface area contributed by atoms with Crippen LogP contribution in [0.1, 0.15) is 21.7 Å². The van der Waals surface area contributed by atoms with Gasteiger partial charge in [0.1, 0.15) is 0 Å². The molecule has 0 bridgehead atoms. The van der Waals surface area contributed by atoms with Gasteiger partial charge in [-0.1, -0.05) is 0 Å². The van der Waals surface area contributed by atoms with Crippen LogP contribution in [0.15, 0.2) is 30.6 Å². The maximum absolute atomic E-state index is 12.1. The van der Waals surface area contributed by atoms with Crippen LogP contribution < -0.4 is 5.32 Å². The average Bonchev–Trinajstić information content (AvgIpc) is 2.92. The lowest BCUT2D eigenvalue weighted by Gasteiger charge is -2.17. The van der Waals surface area contributed by atoms with Crippen molar-refractivity contribution in [2.45, 2.75) is 13.1 Å². The van der Waals surface area contributed by atoms with Crippen molar-refractivity contribution in [2.75, 3.05) is 13.6 Å². The Morgan fingerprint density at radius 1 is 1.35 bits per heavy atom. The molecule has 0 unspecified atom stereocenters. The zero-order chi connectivity index (χ0) is 16.8. The van der Waals surface area contributed by atoms with Gasteiger partial charge in [-0.15, -0.1) is 0 Å². The van der Waals surface area contributed by atoms with Gasteiger partial charge in [0.05, 0.1) is 30.0 Å². The number of amides is 1. The van der Waals surface area contributed by atoms with Crippen LogP contribution in [0.4, 0.5) is 0 Å². The van der Waals surface area contributed by atoms with Crippen LogP contribution in [0, 0.1) is 0 Å². The summed E-state index contributed by atoms with van der Waals surface area (Å²) < 4.78 is 1.72. The summed E-state index contributed by atoms with van der Waals surface area (Å²) in [7, 11) is 3.55. The summed E-state index contributed by atoms with van der Waals surface area (Å²) in [5.74, 6) is -1.07. The predicted molar refractivity (Wildman–Crippen MR) is 82.6 cm³/mol. The van der Waals surface area contributed by atoms with Crippen LogP contribution in [0.25, 0.3) is 0 Å². The van der Waals surface area contributed by atoms with E-state index in [1.165, 1.54) is 18.3 Å². The molecule has 0 aliphatic rings. The third-order valence-corrected chi connectivity index (χ3v) is 3.39. The molecule has 0 atom stereocenters. The lowest BCUT2D eigenvalue weighted by molar-refractivity contribution is -0.129. The smallest absolute Gasteiger partial charge is 0.335 e. The Morgan fingerprint density at radius 2 is 2.13 bits per heavy atom. The number of hydrogen-bond donors (Lipinski definition) is 2. The molecule has 122 valence electrons. The van der Waals surface area contributed by atoms with Gasteiger partial charge in [-0.2, -0.15) is 5.10 Å². The first-order chi connectivity index (χ1) is 11.0. The highest BCUT2D eigenvalue weighted by Gasteiger charge is 2.11. The highest BCUT2D eigenvalue weighted by molar-refractivity contribution is 5.87. The Morgan fingerprint density at radius 3 is 2.78 bits per heavy atom. The van der Waals surface area contributed by atoms with E-state index in [4.69, 9.17) is 5.11 Å². The molecule has 2 aromatic rings. The Hall–Kier alpha value is -2.74. The summed E-state index contributed by atoms with van der Waals surface area (Å²) >= 11 is 0. The highest BCUT2D eigenvalue weighted by atomic mass is 16.4. The average molecular weight is 317 g/mol. The summed E-state index contributed by atoms with van der Waals surface area (Å²) in [5, 5.41) is 16.0. The number of aryl methyl sites for hydroxylation is 1. The van der Waals surface area contributed by atoms with Gasteiger partial charge in [-0.05, 0) is 18.2 Å². The van der Waals surface area contributed by atoms with E-state index in [0.29, 0.717) is 18.8 Å². The van der Waals surface area contributed by atoms with Gasteiger partial charge in [0.25, 0.3) is 0 Å². The van der Waals surface area contributed by atoms with Crippen molar-refractivity contribution in [1.29, 1.82) is 0 Å². The minimum absolute atomic E-state index is 0.0689. The molecule has 1 amide bonds. The molecule has 0 aliphatic heterocycles. The fourth-order valence-corrected chi connectivity index (χ4v) is 2.03. The Labute approximate surface area is 133 Å². The summed E-state index contributed by atoms with van der Waals surface area (Å²) in [4.78, 5) is 28.6. The Bertz CT molecular complexity index is 698. The van der Waals surface area contributed by atoms with Crippen molar-refractivity contribution in [3.63, 3.8) is 0 Å². The number of nitrogens with zero attached hydrogens (tertiary/aromatic N) is 4. The van der Waals surface area contributed by atoms with E-state index in [2.05, 4.69) is 15.4 Å². The molecule has 0 saturated heterocycles. The second-order valence-electron chi connectivity index (χ2n) is 5.14. The Kier molecular flexibility index (Phi) is 5.42. The van der Waals surface area contributed by atoms with Gasteiger partial charge in [-0.3, -0.25) is 14.5 Å². The second-order valence-corrected chi connectivity index (χ2v) is 5.14. The molecule has 0 radical (unpaired) electrons. The number of aromatic carboxylic acids is 1. The third kappa shape index (κ3) is 4.62. The number of nitrogens with one attached hydrogen (secondary N) is 1. The van der Waals surface area contributed by atoms with E-state index in [1.54, 1.807) is 22.8 Å². The van der Waals surface area contributed by atoms with Gasteiger partial charge in [0.2, 0.25) is 5.91 Å². The molecule has 8 nitrogen and oxygen atoms in total. The summed E-state index contributed by atoms with van der Waals surface area (Å²) in [6, 6.07) is 4.77. The van der Waals surface area contributed by atoms with Crippen LogP contribution in [-0.4, -0.2) is 50.2 Å². The fraction of sp³-hybridized carbons (Fsp3) is 0.333. The molecule has 2 aromatic heterocycles. The molecule has 2 rings (SSSR count). The zero-order valence-corrected chi connectivity index (χ0v) is 13.1. The fourth-order valence-electron chi connectivity index (χ4n) is 2.03. The van der Waals surface area contributed by atoms with Crippen LogP contribution in [0.5, 0.6) is 0 Å². The van der Waals surface area contributed by atoms with Gasteiger partial charge in [-0.25, -0.2) is 4.79 Å². The van der Waals surface area contributed by atoms with E-state index in [0.717, 1.165) is 5.69 Å². The lowest BCUT2D eigenvalue weighted by Crippen LogP contribution is -2.35. The molecule has 8 heteroatoms. The first kappa shape index (κ1) is 16.6. The van der Waals surface area contributed by atoms with E-state index in [-0.39, 0.29) is 18.0 Å². The standard InChI is InChI=1S/C15H19N5O3/c1-19(10-13-4-6-18-20(13)2)14(21)9-16-8-12-7-11(15(22)23)3-5-17-12/h3-7,16H,8-10H2,1-2H3,(H,22,23). The third-order valence-electron chi connectivity index (χ3n) is 3.39. The van der Waals surface area contributed by atoms with Gasteiger partial charge in [0.15, 0.2) is 0 Å². The lowest BCUT2D eigenvalue weighted by atomic mass is 10.2. The minimum atomic E-state index is -0.999. The van der Waals surface area contributed by atoms with Crippen molar-refractivity contribution >= 4 is 11.9 Å². The first-order valence-electron chi connectivity index (χ1n) is 7.07. The van der Waals surface area contributed by atoms with Gasteiger partial charge < -0.3 is 15.3 Å². The number of carbonyl (C=O) groups excluding carboxylic acids is 1. The maximum Gasteiger partial charge on any atom is 0.335 e. The van der Waals surface area contributed by atoms with Crippen LogP contribution in [-0.2, 0) is 24.9 Å². The van der Waals surface area contributed by atoms with E-state index in [1.807, 2.05) is 13.1 Å². The van der Waals surface area contributed by atoms with E-state index < -0.39 is 5.97 Å². The van der Waals surface area contributed by atoms with Crippen molar-refractivity contribution in [3.8, 4) is 0 Å². The number of carboxylic acids is 1. The second kappa shape index (κ2) is 7.50. The van der Waals surface area contributed by atoms with Crippen molar-refractivity contribution in [3.05, 3.63) is 47.5 Å². The zero-order valence-electron chi connectivity index (χ0n) is 13.1. The van der Waals surface area contributed by atoms with Crippen molar-refractivity contribution in [1.82, 2.24) is 25.0 Å². The molecule has 2 heterocycles. The molecular weight excluding hydrogens is 298 g/mol. The monoisotopic (exact) mass is 317 g/mol. The Balaban J connectivity index is 1.81. The highest BCUT2D eigenvalue weighted by Crippen LogP contribution is 2.03. The molecule has 0 saturated carbocycles. The van der Waals surface area contributed by atoms with Gasteiger partial charge >= 0.3 is 5.97 Å². The normalized spacial score (nSPS) is 10.5. The van der Waals surface area contributed by atoms with Crippen molar-refractivity contribution < 1.29 is 14.7 Å². The molecule has 0 spiro atoms.